The van der Waals surface area contributed by atoms with Crippen LogP contribution < -0.4 is 5.32 Å². The Hall–Kier alpha value is -1.68. The summed E-state index contributed by atoms with van der Waals surface area (Å²) in [6, 6.07) is 10.5. The maximum absolute atomic E-state index is 5.51. The van der Waals surface area contributed by atoms with Crippen LogP contribution in [-0.4, -0.2) is 22.7 Å². The van der Waals surface area contributed by atoms with Gasteiger partial charge in [0.2, 0.25) is 11.7 Å². The lowest BCUT2D eigenvalue weighted by molar-refractivity contribution is 0.330. The van der Waals surface area contributed by atoms with Crippen molar-refractivity contribution in [3.8, 4) is 11.4 Å². The van der Waals surface area contributed by atoms with E-state index in [1.807, 2.05) is 30.3 Å². The zero-order chi connectivity index (χ0) is 13.8. The monoisotopic (exact) mass is 271 g/mol. The van der Waals surface area contributed by atoms with E-state index in [0.29, 0.717) is 17.8 Å². The molecule has 106 valence electrons. The van der Waals surface area contributed by atoms with Gasteiger partial charge in [-0.25, -0.2) is 0 Å². The molecule has 0 aliphatic heterocycles. The number of nitrogens with zero attached hydrogens (tertiary/aromatic N) is 2. The minimum Gasteiger partial charge on any atom is -0.339 e. The molecule has 0 spiro atoms. The van der Waals surface area contributed by atoms with Crippen molar-refractivity contribution in [3.05, 3.63) is 36.2 Å². The molecule has 1 aliphatic rings. The van der Waals surface area contributed by atoms with Gasteiger partial charge in [-0.15, -0.1) is 0 Å². The molecule has 2 unspecified atom stereocenters. The molecule has 1 fully saturated rings. The van der Waals surface area contributed by atoms with Crippen LogP contribution in [0.4, 0.5) is 0 Å². The minimum atomic E-state index is 0.367. The number of benzene rings is 1. The topological polar surface area (TPSA) is 51.0 Å². The molecule has 1 N–H and O–H groups in total. The number of hydrogen-bond acceptors (Lipinski definition) is 4. The predicted molar refractivity (Wildman–Crippen MR) is 78.4 cm³/mol. The molecule has 0 bridgehead atoms. The first kappa shape index (κ1) is 13.3. The molecule has 1 saturated carbocycles. The van der Waals surface area contributed by atoms with Crippen LogP contribution in [0.3, 0.4) is 0 Å². The van der Waals surface area contributed by atoms with Crippen molar-refractivity contribution in [1.29, 1.82) is 0 Å². The van der Waals surface area contributed by atoms with Gasteiger partial charge in [0.15, 0.2) is 0 Å². The van der Waals surface area contributed by atoms with E-state index in [1.54, 1.807) is 0 Å². The van der Waals surface area contributed by atoms with E-state index in [0.717, 1.165) is 30.8 Å². The summed E-state index contributed by atoms with van der Waals surface area (Å²) in [6.45, 7) is 3.25. The second kappa shape index (κ2) is 6.18. The van der Waals surface area contributed by atoms with Gasteiger partial charge in [0.05, 0.1) is 5.92 Å². The molecular formula is C16H21N3O. The van der Waals surface area contributed by atoms with Gasteiger partial charge in [0.1, 0.15) is 0 Å². The Bertz CT molecular complexity index is 538. The third-order valence-electron chi connectivity index (χ3n) is 3.96. The quantitative estimate of drug-likeness (QED) is 0.905. The van der Waals surface area contributed by atoms with Crippen molar-refractivity contribution in [2.75, 3.05) is 6.54 Å². The van der Waals surface area contributed by atoms with Crippen LogP contribution in [0.2, 0.25) is 0 Å². The van der Waals surface area contributed by atoms with Gasteiger partial charge >= 0.3 is 0 Å². The molecule has 4 nitrogen and oxygen atoms in total. The van der Waals surface area contributed by atoms with Crippen LogP contribution in [0.5, 0.6) is 0 Å². The second-order valence-corrected chi connectivity index (χ2v) is 5.42. The predicted octanol–water partition coefficient (Wildman–Crippen LogP) is 3.37. The van der Waals surface area contributed by atoms with Gasteiger partial charge < -0.3 is 9.84 Å². The molecule has 1 heterocycles. The third kappa shape index (κ3) is 2.75. The van der Waals surface area contributed by atoms with Gasteiger partial charge in [-0.2, -0.15) is 4.98 Å². The van der Waals surface area contributed by atoms with Crippen LogP contribution in [0.25, 0.3) is 11.4 Å². The molecular weight excluding hydrogens is 250 g/mol. The number of hydrogen-bond donors (Lipinski definition) is 1. The first-order valence-corrected chi connectivity index (χ1v) is 7.51. The zero-order valence-corrected chi connectivity index (χ0v) is 11.9. The van der Waals surface area contributed by atoms with Crippen LogP contribution in [0, 0.1) is 0 Å². The molecule has 0 radical (unpaired) electrons. The summed E-state index contributed by atoms with van der Waals surface area (Å²) in [5, 5.41) is 7.73. The SMILES string of the molecule is CCCNC1CCCC1c1nc(-c2ccccc2)no1. The zero-order valence-electron chi connectivity index (χ0n) is 11.9. The number of aromatic nitrogens is 2. The highest BCUT2D eigenvalue weighted by Crippen LogP contribution is 2.34. The number of rotatable bonds is 5. The van der Waals surface area contributed by atoms with Gasteiger partial charge in [-0.3, -0.25) is 0 Å². The lowest BCUT2D eigenvalue weighted by Gasteiger charge is -2.17. The molecule has 3 rings (SSSR count). The van der Waals surface area contributed by atoms with Crippen LogP contribution in [-0.2, 0) is 0 Å². The highest BCUT2D eigenvalue weighted by Gasteiger charge is 2.32. The lowest BCUT2D eigenvalue weighted by atomic mass is 10.0. The normalized spacial score (nSPS) is 22.2. The fourth-order valence-corrected chi connectivity index (χ4v) is 2.92. The summed E-state index contributed by atoms with van der Waals surface area (Å²) in [5.41, 5.74) is 1.01. The Labute approximate surface area is 119 Å². The maximum atomic E-state index is 5.51. The third-order valence-corrected chi connectivity index (χ3v) is 3.96. The molecule has 0 amide bonds. The summed E-state index contributed by atoms with van der Waals surface area (Å²) in [5.74, 6) is 1.85. The van der Waals surface area contributed by atoms with Crippen molar-refractivity contribution in [3.63, 3.8) is 0 Å². The second-order valence-electron chi connectivity index (χ2n) is 5.42. The molecule has 2 atom stereocenters. The van der Waals surface area contributed by atoms with E-state index in [4.69, 9.17) is 4.52 Å². The van der Waals surface area contributed by atoms with Gasteiger partial charge in [0.25, 0.3) is 0 Å². The van der Waals surface area contributed by atoms with E-state index < -0.39 is 0 Å². The Kier molecular flexibility index (Phi) is 4.11. The van der Waals surface area contributed by atoms with E-state index in [1.165, 1.54) is 12.8 Å². The van der Waals surface area contributed by atoms with E-state index in [-0.39, 0.29) is 0 Å². The summed E-state index contributed by atoms with van der Waals surface area (Å²) >= 11 is 0. The minimum absolute atomic E-state index is 0.367. The Morgan fingerprint density at radius 1 is 1.25 bits per heavy atom. The van der Waals surface area contributed by atoms with Gasteiger partial charge in [-0.1, -0.05) is 48.8 Å². The standard InChI is InChI=1S/C16H21N3O/c1-2-11-17-14-10-6-9-13(14)16-18-15(19-20-16)12-7-4-3-5-8-12/h3-5,7-8,13-14,17H,2,6,9-11H2,1H3. The molecule has 2 aromatic rings. The molecule has 20 heavy (non-hydrogen) atoms. The summed E-state index contributed by atoms with van der Waals surface area (Å²) in [7, 11) is 0. The van der Waals surface area contributed by atoms with Crippen LogP contribution in [0.15, 0.2) is 34.9 Å². The van der Waals surface area contributed by atoms with E-state index in [2.05, 4.69) is 22.4 Å². The van der Waals surface area contributed by atoms with Crippen molar-refractivity contribution < 1.29 is 4.52 Å². The fraction of sp³-hybridized carbons (Fsp3) is 0.500. The lowest BCUT2D eigenvalue weighted by Crippen LogP contribution is -2.31. The first-order chi connectivity index (χ1) is 9.88. The largest absolute Gasteiger partial charge is 0.339 e. The summed E-state index contributed by atoms with van der Waals surface area (Å²) in [4.78, 5) is 4.60. The van der Waals surface area contributed by atoms with E-state index >= 15 is 0 Å². The van der Waals surface area contributed by atoms with Crippen LogP contribution in [0.1, 0.15) is 44.4 Å². The molecule has 1 aromatic carbocycles. The number of nitrogens with one attached hydrogen (secondary N) is 1. The maximum Gasteiger partial charge on any atom is 0.231 e. The molecule has 1 aliphatic carbocycles. The molecule has 4 heteroatoms. The first-order valence-electron chi connectivity index (χ1n) is 7.51. The van der Waals surface area contributed by atoms with Crippen molar-refractivity contribution in [1.82, 2.24) is 15.5 Å². The highest BCUT2D eigenvalue weighted by atomic mass is 16.5. The van der Waals surface area contributed by atoms with Crippen LogP contribution >= 0.6 is 0 Å². The van der Waals surface area contributed by atoms with Crippen molar-refractivity contribution >= 4 is 0 Å². The average Bonchev–Trinajstić information content (AvgIpc) is 3.14. The summed E-state index contributed by atoms with van der Waals surface area (Å²) in [6.07, 6.45) is 4.73. The van der Waals surface area contributed by atoms with Crippen molar-refractivity contribution in [2.45, 2.75) is 44.6 Å². The van der Waals surface area contributed by atoms with Gasteiger partial charge in [0, 0.05) is 11.6 Å². The Morgan fingerprint density at radius 3 is 2.90 bits per heavy atom. The Morgan fingerprint density at radius 2 is 2.10 bits per heavy atom. The average molecular weight is 271 g/mol. The summed E-state index contributed by atoms with van der Waals surface area (Å²) < 4.78 is 5.51. The molecule has 1 aromatic heterocycles. The van der Waals surface area contributed by atoms with E-state index in [9.17, 15) is 0 Å². The smallest absolute Gasteiger partial charge is 0.231 e. The highest BCUT2D eigenvalue weighted by molar-refractivity contribution is 5.53. The fourth-order valence-electron chi connectivity index (χ4n) is 2.92. The van der Waals surface area contributed by atoms with Gasteiger partial charge in [-0.05, 0) is 25.8 Å². The molecule has 0 saturated heterocycles. The van der Waals surface area contributed by atoms with Crippen molar-refractivity contribution in [2.24, 2.45) is 0 Å². The Balaban J connectivity index is 1.76.